The van der Waals surface area contributed by atoms with Gasteiger partial charge in [0.2, 0.25) is 5.91 Å². The van der Waals surface area contributed by atoms with Crippen molar-refractivity contribution in [3.8, 4) is 0 Å². The number of aromatic nitrogens is 2. The Labute approximate surface area is 109 Å². The lowest BCUT2D eigenvalue weighted by molar-refractivity contribution is -0.118. The van der Waals surface area contributed by atoms with Crippen LogP contribution in [0.15, 0.2) is 11.4 Å². The number of nitrogen functional groups attached to an aromatic ring is 1. The van der Waals surface area contributed by atoms with Crippen molar-refractivity contribution < 1.29 is 14.3 Å². The Morgan fingerprint density at radius 1 is 1.56 bits per heavy atom. The molecule has 0 saturated carbocycles. The van der Waals surface area contributed by atoms with E-state index in [0.717, 1.165) is 11.8 Å². The zero-order chi connectivity index (χ0) is 13.5. The standard InChI is InChI=1S/C10H14N4O3S/c1-3-17-9(16)6-4-13-10(14-8(6)11)18-5-7(15)12-2/h4H,3,5H2,1-2H3,(H,12,15)(H2,11,13,14). The highest BCUT2D eigenvalue weighted by Gasteiger charge is 2.14. The van der Waals surface area contributed by atoms with Gasteiger partial charge in [0.1, 0.15) is 11.4 Å². The summed E-state index contributed by atoms with van der Waals surface area (Å²) in [5.41, 5.74) is 5.75. The van der Waals surface area contributed by atoms with Crippen molar-refractivity contribution in [2.45, 2.75) is 12.1 Å². The minimum Gasteiger partial charge on any atom is -0.462 e. The van der Waals surface area contributed by atoms with Gasteiger partial charge in [0.25, 0.3) is 0 Å². The van der Waals surface area contributed by atoms with Crippen LogP contribution in [0, 0.1) is 0 Å². The Bertz CT molecular complexity index is 453. The number of ether oxygens (including phenoxy) is 1. The van der Waals surface area contributed by atoms with E-state index in [1.54, 1.807) is 14.0 Å². The molecule has 8 heteroatoms. The maximum Gasteiger partial charge on any atom is 0.343 e. The molecule has 1 heterocycles. The number of anilines is 1. The van der Waals surface area contributed by atoms with E-state index in [9.17, 15) is 9.59 Å². The Kier molecular flexibility index (Phi) is 5.37. The number of amides is 1. The van der Waals surface area contributed by atoms with Crippen LogP contribution in [0.4, 0.5) is 5.82 Å². The molecule has 0 atom stereocenters. The Morgan fingerprint density at radius 3 is 2.83 bits per heavy atom. The second-order valence-corrected chi connectivity index (χ2v) is 4.08. The molecule has 3 N–H and O–H groups in total. The van der Waals surface area contributed by atoms with Gasteiger partial charge in [-0.2, -0.15) is 0 Å². The molecule has 0 aromatic carbocycles. The fraction of sp³-hybridized carbons (Fsp3) is 0.400. The molecule has 1 rings (SSSR count). The van der Waals surface area contributed by atoms with Gasteiger partial charge >= 0.3 is 5.97 Å². The van der Waals surface area contributed by atoms with E-state index in [-0.39, 0.29) is 29.6 Å². The van der Waals surface area contributed by atoms with E-state index < -0.39 is 5.97 Å². The van der Waals surface area contributed by atoms with Crippen LogP contribution in [0.5, 0.6) is 0 Å². The van der Waals surface area contributed by atoms with E-state index in [1.807, 2.05) is 0 Å². The van der Waals surface area contributed by atoms with E-state index >= 15 is 0 Å². The molecule has 0 spiro atoms. The van der Waals surface area contributed by atoms with E-state index in [1.165, 1.54) is 6.20 Å². The van der Waals surface area contributed by atoms with Gasteiger partial charge in [-0.15, -0.1) is 0 Å². The van der Waals surface area contributed by atoms with Crippen LogP contribution in [-0.4, -0.2) is 41.3 Å². The molecule has 1 aromatic rings. The van der Waals surface area contributed by atoms with E-state index in [2.05, 4.69) is 15.3 Å². The molecule has 0 aliphatic heterocycles. The number of nitrogens with one attached hydrogen (secondary N) is 1. The smallest absolute Gasteiger partial charge is 0.343 e. The predicted molar refractivity (Wildman–Crippen MR) is 67.2 cm³/mol. The molecule has 0 bridgehead atoms. The zero-order valence-corrected chi connectivity index (χ0v) is 10.9. The van der Waals surface area contributed by atoms with Crippen molar-refractivity contribution in [2.75, 3.05) is 25.1 Å². The predicted octanol–water partition coefficient (Wildman–Crippen LogP) is 0.0736. The van der Waals surface area contributed by atoms with Crippen LogP contribution in [-0.2, 0) is 9.53 Å². The molecule has 0 unspecified atom stereocenters. The monoisotopic (exact) mass is 270 g/mol. The molecule has 0 fully saturated rings. The largest absolute Gasteiger partial charge is 0.462 e. The SMILES string of the molecule is CCOC(=O)c1cnc(SCC(=O)NC)nc1N. The summed E-state index contributed by atoms with van der Waals surface area (Å²) in [6.45, 7) is 1.95. The topological polar surface area (TPSA) is 107 Å². The fourth-order valence-corrected chi connectivity index (χ4v) is 1.71. The van der Waals surface area contributed by atoms with Gasteiger partial charge in [0.15, 0.2) is 5.16 Å². The number of carbonyl (C=O) groups is 2. The quantitative estimate of drug-likeness (QED) is 0.443. The maximum absolute atomic E-state index is 11.4. The minimum absolute atomic E-state index is 0.0443. The molecule has 7 nitrogen and oxygen atoms in total. The van der Waals surface area contributed by atoms with Crippen molar-refractivity contribution in [2.24, 2.45) is 0 Å². The number of thioether (sulfide) groups is 1. The first-order chi connectivity index (χ1) is 8.58. The number of esters is 1. The molecule has 0 radical (unpaired) electrons. The van der Waals surface area contributed by atoms with Crippen LogP contribution in [0.1, 0.15) is 17.3 Å². The van der Waals surface area contributed by atoms with Crippen LogP contribution < -0.4 is 11.1 Å². The molecular weight excluding hydrogens is 256 g/mol. The van der Waals surface area contributed by atoms with Crippen LogP contribution in [0.25, 0.3) is 0 Å². The first kappa shape index (κ1) is 14.2. The van der Waals surface area contributed by atoms with Crippen LogP contribution in [0.2, 0.25) is 0 Å². The highest BCUT2D eigenvalue weighted by Crippen LogP contribution is 2.16. The number of nitrogens with two attached hydrogens (primary N) is 1. The molecule has 0 saturated heterocycles. The van der Waals surface area contributed by atoms with Crippen molar-refractivity contribution in [3.05, 3.63) is 11.8 Å². The lowest BCUT2D eigenvalue weighted by Gasteiger charge is -2.05. The molecule has 0 aliphatic rings. The normalized spacial score (nSPS) is 9.89. The van der Waals surface area contributed by atoms with Gasteiger partial charge in [-0.1, -0.05) is 11.8 Å². The maximum atomic E-state index is 11.4. The Hall–Kier alpha value is -1.83. The van der Waals surface area contributed by atoms with Crippen molar-refractivity contribution in [1.29, 1.82) is 0 Å². The lowest BCUT2D eigenvalue weighted by atomic mass is 10.3. The summed E-state index contributed by atoms with van der Waals surface area (Å²) in [6, 6.07) is 0. The second-order valence-electron chi connectivity index (χ2n) is 3.13. The van der Waals surface area contributed by atoms with Gasteiger partial charge < -0.3 is 15.8 Å². The summed E-state index contributed by atoms with van der Waals surface area (Å²) in [5, 5.41) is 2.81. The number of carbonyl (C=O) groups excluding carboxylic acids is 2. The first-order valence-corrected chi connectivity index (χ1v) is 6.20. The Balaban J connectivity index is 2.73. The van der Waals surface area contributed by atoms with E-state index in [0.29, 0.717) is 5.16 Å². The third-order valence-electron chi connectivity index (χ3n) is 1.90. The van der Waals surface area contributed by atoms with Gasteiger partial charge in [-0.3, -0.25) is 4.79 Å². The fourth-order valence-electron chi connectivity index (χ4n) is 1.02. The lowest BCUT2D eigenvalue weighted by Crippen LogP contribution is -2.20. The molecule has 18 heavy (non-hydrogen) atoms. The van der Waals surface area contributed by atoms with Crippen molar-refractivity contribution in [1.82, 2.24) is 15.3 Å². The van der Waals surface area contributed by atoms with Gasteiger partial charge in [-0.25, -0.2) is 14.8 Å². The van der Waals surface area contributed by atoms with Gasteiger partial charge in [0.05, 0.1) is 12.4 Å². The number of hydrogen-bond acceptors (Lipinski definition) is 7. The highest BCUT2D eigenvalue weighted by atomic mass is 32.2. The summed E-state index contributed by atoms with van der Waals surface area (Å²) < 4.78 is 4.79. The first-order valence-electron chi connectivity index (χ1n) is 5.21. The summed E-state index contributed by atoms with van der Waals surface area (Å²) in [6.07, 6.45) is 1.30. The highest BCUT2D eigenvalue weighted by molar-refractivity contribution is 7.99. The van der Waals surface area contributed by atoms with E-state index in [4.69, 9.17) is 10.5 Å². The molecule has 1 aromatic heterocycles. The van der Waals surface area contributed by atoms with Gasteiger partial charge in [-0.05, 0) is 6.92 Å². The van der Waals surface area contributed by atoms with Crippen molar-refractivity contribution in [3.63, 3.8) is 0 Å². The second kappa shape index (κ2) is 6.80. The average Bonchev–Trinajstić information content (AvgIpc) is 2.36. The summed E-state index contributed by atoms with van der Waals surface area (Å²) in [4.78, 5) is 30.3. The number of nitrogens with zero attached hydrogens (tertiary/aromatic N) is 2. The summed E-state index contributed by atoms with van der Waals surface area (Å²) >= 11 is 1.13. The number of hydrogen-bond donors (Lipinski definition) is 2. The average molecular weight is 270 g/mol. The van der Waals surface area contributed by atoms with Crippen molar-refractivity contribution >= 4 is 29.5 Å². The third kappa shape index (κ3) is 3.88. The third-order valence-corrected chi connectivity index (χ3v) is 2.76. The molecule has 1 amide bonds. The van der Waals surface area contributed by atoms with Crippen LogP contribution in [0.3, 0.4) is 0 Å². The summed E-state index contributed by atoms with van der Waals surface area (Å²) in [7, 11) is 1.54. The summed E-state index contributed by atoms with van der Waals surface area (Å²) in [5.74, 6) is -0.466. The van der Waals surface area contributed by atoms with Crippen LogP contribution >= 0.6 is 11.8 Å². The molecular formula is C10H14N4O3S. The Morgan fingerprint density at radius 2 is 2.28 bits per heavy atom. The molecule has 0 aliphatic carbocycles. The minimum atomic E-state index is -0.558. The molecule has 98 valence electrons. The number of rotatable bonds is 5. The zero-order valence-electron chi connectivity index (χ0n) is 10.1. The van der Waals surface area contributed by atoms with Gasteiger partial charge in [0, 0.05) is 13.2 Å².